The topological polar surface area (TPSA) is 74.7 Å². The summed E-state index contributed by atoms with van der Waals surface area (Å²) in [4.78, 5) is 4.13. The van der Waals surface area contributed by atoms with Gasteiger partial charge in [-0.2, -0.15) is 5.26 Å². The molecule has 0 fully saturated rings. The number of benzene rings is 1. The highest BCUT2D eigenvalue weighted by Gasteiger charge is 2.13. The summed E-state index contributed by atoms with van der Waals surface area (Å²) in [6.07, 6.45) is 1.50. The van der Waals surface area contributed by atoms with E-state index in [9.17, 15) is 0 Å². The Morgan fingerprint density at radius 2 is 2.10 bits per heavy atom. The predicted molar refractivity (Wildman–Crippen MR) is 81.9 cm³/mol. The summed E-state index contributed by atoms with van der Waals surface area (Å²) in [5.41, 5.74) is 7.32. The first-order valence-corrected chi connectivity index (χ1v) is 6.64. The lowest BCUT2D eigenvalue weighted by atomic mass is 10.1. The van der Waals surface area contributed by atoms with E-state index in [1.165, 1.54) is 6.20 Å². The highest BCUT2D eigenvalue weighted by Crippen LogP contribution is 2.29. The van der Waals surface area contributed by atoms with Crippen LogP contribution in [0.25, 0.3) is 0 Å². The van der Waals surface area contributed by atoms with Gasteiger partial charge in [0.2, 0.25) is 0 Å². The molecule has 2 rings (SSSR count). The molecule has 0 saturated heterocycles. The molecule has 0 aliphatic carbocycles. The van der Waals surface area contributed by atoms with E-state index in [1.54, 1.807) is 18.2 Å². The molecule has 102 valence electrons. The van der Waals surface area contributed by atoms with Crippen molar-refractivity contribution in [3.05, 3.63) is 51.6 Å². The van der Waals surface area contributed by atoms with Crippen LogP contribution >= 0.6 is 23.2 Å². The van der Waals surface area contributed by atoms with Crippen molar-refractivity contribution in [1.29, 1.82) is 5.26 Å². The van der Waals surface area contributed by atoms with Crippen molar-refractivity contribution < 1.29 is 0 Å². The third-order valence-electron chi connectivity index (χ3n) is 2.81. The van der Waals surface area contributed by atoms with Gasteiger partial charge < -0.3 is 11.1 Å². The van der Waals surface area contributed by atoms with Crippen LogP contribution in [0.1, 0.15) is 24.1 Å². The Hall–Kier alpha value is -1.96. The molecule has 1 aromatic carbocycles. The number of nitrogen functional groups attached to an aromatic ring is 1. The number of halogens is 2. The van der Waals surface area contributed by atoms with Crippen molar-refractivity contribution in [1.82, 2.24) is 4.98 Å². The first-order chi connectivity index (χ1) is 9.51. The summed E-state index contributed by atoms with van der Waals surface area (Å²) in [7, 11) is 0. The van der Waals surface area contributed by atoms with Gasteiger partial charge in [0.05, 0.1) is 23.5 Å². The van der Waals surface area contributed by atoms with Crippen molar-refractivity contribution in [3.8, 4) is 6.07 Å². The fourth-order valence-corrected chi connectivity index (χ4v) is 2.39. The third kappa shape index (κ3) is 3.13. The number of aromatic nitrogens is 1. The van der Waals surface area contributed by atoms with E-state index >= 15 is 0 Å². The molecule has 2 aromatic rings. The quantitative estimate of drug-likeness (QED) is 0.898. The Kier molecular flexibility index (Phi) is 4.33. The summed E-state index contributed by atoms with van der Waals surface area (Å²) < 4.78 is 0. The van der Waals surface area contributed by atoms with Crippen molar-refractivity contribution >= 4 is 34.7 Å². The minimum Gasteiger partial charge on any atom is -0.397 e. The van der Waals surface area contributed by atoms with E-state index in [4.69, 9.17) is 34.2 Å². The lowest BCUT2D eigenvalue weighted by Gasteiger charge is -2.17. The van der Waals surface area contributed by atoms with Crippen LogP contribution in [0.15, 0.2) is 30.5 Å². The lowest BCUT2D eigenvalue weighted by molar-refractivity contribution is 0.874. The number of anilines is 2. The zero-order chi connectivity index (χ0) is 14.7. The fraction of sp³-hybridized carbons (Fsp3) is 0.143. The molecule has 3 N–H and O–H groups in total. The molecule has 6 heteroatoms. The fourth-order valence-electron chi connectivity index (χ4n) is 1.82. The minimum absolute atomic E-state index is 0.122. The zero-order valence-corrected chi connectivity index (χ0v) is 12.2. The smallest absolute Gasteiger partial charge is 0.144 e. The second-order valence-electron chi connectivity index (χ2n) is 4.31. The summed E-state index contributed by atoms with van der Waals surface area (Å²) in [6.45, 7) is 1.92. The Morgan fingerprint density at radius 3 is 2.75 bits per heavy atom. The van der Waals surface area contributed by atoms with Crippen molar-refractivity contribution in [2.45, 2.75) is 13.0 Å². The van der Waals surface area contributed by atoms with Crippen LogP contribution in [0.3, 0.4) is 0 Å². The molecule has 0 aliphatic rings. The first-order valence-electron chi connectivity index (χ1n) is 5.88. The second kappa shape index (κ2) is 6.00. The van der Waals surface area contributed by atoms with Crippen molar-refractivity contribution in [2.24, 2.45) is 0 Å². The maximum atomic E-state index is 9.09. The summed E-state index contributed by atoms with van der Waals surface area (Å²) in [5.74, 6) is 0.472. The van der Waals surface area contributed by atoms with Crippen LogP contribution in [0.4, 0.5) is 11.5 Å². The van der Waals surface area contributed by atoms with Gasteiger partial charge in [0.1, 0.15) is 11.9 Å². The van der Waals surface area contributed by atoms with Crippen LogP contribution in [-0.2, 0) is 0 Å². The van der Waals surface area contributed by atoms with Gasteiger partial charge in [-0.1, -0.05) is 29.3 Å². The molecule has 1 unspecified atom stereocenters. The molecule has 0 amide bonds. The number of nitrogens with one attached hydrogen (secondary N) is 1. The highest BCUT2D eigenvalue weighted by molar-refractivity contribution is 6.35. The van der Waals surface area contributed by atoms with Crippen LogP contribution < -0.4 is 11.1 Å². The van der Waals surface area contributed by atoms with E-state index in [0.717, 1.165) is 5.56 Å². The van der Waals surface area contributed by atoms with Crippen molar-refractivity contribution in [2.75, 3.05) is 11.1 Å². The minimum atomic E-state index is -0.122. The average molecular weight is 307 g/mol. The molecule has 0 spiro atoms. The molecular formula is C14H12Cl2N4. The maximum absolute atomic E-state index is 9.09. The van der Waals surface area contributed by atoms with Crippen LogP contribution in [-0.4, -0.2) is 4.98 Å². The number of hydrogen-bond acceptors (Lipinski definition) is 4. The molecular weight excluding hydrogens is 295 g/mol. The number of pyridine rings is 1. The number of nitriles is 1. The van der Waals surface area contributed by atoms with Gasteiger partial charge >= 0.3 is 0 Å². The number of rotatable bonds is 3. The zero-order valence-electron chi connectivity index (χ0n) is 10.7. The highest BCUT2D eigenvalue weighted by atomic mass is 35.5. The van der Waals surface area contributed by atoms with Gasteiger partial charge in [-0.3, -0.25) is 0 Å². The Balaban J connectivity index is 2.28. The van der Waals surface area contributed by atoms with Gasteiger partial charge in [0, 0.05) is 10.0 Å². The molecule has 1 aromatic heterocycles. The monoisotopic (exact) mass is 306 g/mol. The Morgan fingerprint density at radius 1 is 1.35 bits per heavy atom. The van der Waals surface area contributed by atoms with Gasteiger partial charge in [0.15, 0.2) is 0 Å². The van der Waals surface area contributed by atoms with Gasteiger partial charge in [-0.15, -0.1) is 0 Å². The maximum Gasteiger partial charge on any atom is 0.144 e. The van der Waals surface area contributed by atoms with Gasteiger partial charge in [-0.05, 0) is 30.7 Å². The van der Waals surface area contributed by atoms with Gasteiger partial charge in [-0.25, -0.2) is 4.98 Å². The molecule has 0 aliphatic heterocycles. The van der Waals surface area contributed by atoms with E-state index in [2.05, 4.69) is 16.4 Å². The molecule has 20 heavy (non-hydrogen) atoms. The Labute approximate surface area is 127 Å². The molecule has 0 saturated carbocycles. The molecule has 4 nitrogen and oxygen atoms in total. The number of nitrogens with zero attached hydrogens (tertiary/aromatic N) is 2. The number of nitrogens with two attached hydrogens (primary N) is 1. The average Bonchev–Trinajstić information content (AvgIpc) is 2.40. The van der Waals surface area contributed by atoms with Crippen molar-refractivity contribution in [3.63, 3.8) is 0 Å². The Bertz CT molecular complexity index is 679. The molecule has 0 radical (unpaired) electrons. The summed E-state index contributed by atoms with van der Waals surface area (Å²) in [6, 6.07) is 8.79. The largest absolute Gasteiger partial charge is 0.397 e. The van der Waals surface area contributed by atoms with Gasteiger partial charge in [0.25, 0.3) is 0 Å². The summed E-state index contributed by atoms with van der Waals surface area (Å²) in [5, 5.41) is 13.4. The molecule has 1 atom stereocenters. The second-order valence-corrected chi connectivity index (χ2v) is 5.15. The predicted octanol–water partition coefficient (Wildman–Crippen LogP) is 4.02. The summed E-state index contributed by atoms with van der Waals surface area (Å²) >= 11 is 12.0. The first kappa shape index (κ1) is 14.4. The van der Waals surface area contributed by atoms with E-state index < -0.39 is 0 Å². The van der Waals surface area contributed by atoms with E-state index in [-0.39, 0.29) is 6.04 Å². The standard InChI is InChI=1S/C14H12Cl2N4/c1-8(12-3-2-10(15)5-13(12)16)20-14-9(6-17)4-11(18)7-19-14/h2-5,7-8H,18H2,1H3,(H,19,20). The molecule has 0 bridgehead atoms. The normalized spacial score (nSPS) is 11.7. The SMILES string of the molecule is CC(Nc1ncc(N)cc1C#N)c1ccc(Cl)cc1Cl. The third-order valence-corrected chi connectivity index (χ3v) is 3.37. The van der Waals surface area contributed by atoms with Crippen LogP contribution in [0.5, 0.6) is 0 Å². The van der Waals surface area contributed by atoms with Crippen LogP contribution in [0, 0.1) is 11.3 Å². The van der Waals surface area contributed by atoms with E-state index in [0.29, 0.717) is 27.1 Å². The molecule has 1 heterocycles. The number of hydrogen-bond donors (Lipinski definition) is 2. The van der Waals surface area contributed by atoms with E-state index in [1.807, 2.05) is 13.0 Å². The lowest BCUT2D eigenvalue weighted by Crippen LogP contribution is -2.10. The van der Waals surface area contributed by atoms with Crippen LogP contribution in [0.2, 0.25) is 10.0 Å².